The lowest BCUT2D eigenvalue weighted by atomic mass is 9.86. The number of aliphatic hydroxyl groups excluding tert-OH is 1. The van der Waals surface area contributed by atoms with Gasteiger partial charge in [0.05, 0.1) is 13.2 Å². The largest absolute Gasteiger partial charge is 0.469 e. The van der Waals surface area contributed by atoms with Gasteiger partial charge in [-0.05, 0) is 17.5 Å². The summed E-state index contributed by atoms with van der Waals surface area (Å²) < 4.78 is 4.74. The Balaban J connectivity index is 2.09. The summed E-state index contributed by atoms with van der Waals surface area (Å²) in [4.78, 5) is 25.5. The fourth-order valence-electron chi connectivity index (χ4n) is 3.12. The minimum absolute atomic E-state index is 0.380. The first-order valence-corrected chi connectivity index (χ1v) is 6.29. The molecule has 2 aliphatic rings. The molecule has 1 saturated heterocycles. The van der Waals surface area contributed by atoms with Crippen LogP contribution in [0.5, 0.6) is 0 Å². The molecule has 0 radical (unpaired) electrons. The molecule has 3 rings (SSSR count). The summed E-state index contributed by atoms with van der Waals surface area (Å²) in [6.07, 6.45) is -0.553. The molecule has 1 amide bonds. The molecular weight excluding hydrogens is 246 g/mol. The number of amides is 1. The van der Waals surface area contributed by atoms with E-state index in [-0.39, 0.29) is 5.91 Å². The smallest absolute Gasteiger partial charge is 0.314 e. The highest BCUT2D eigenvalue weighted by Gasteiger charge is 2.53. The zero-order valence-electron chi connectivity index (χ0n) is 10.6. The average molecular weight is 261 g/mol. The highest BCUT2D eigenvalue weighted by Crippen LogP contribution is 2.42. The molecule has 0 aromatic heterocycles. The fourth-order valence-corrected chi connectivity index (χ4v) is 3.12. The van der Waals surface area contributed by atoms with Gasteiger partial charge in [-0.3, -0.25) is 9.59 Å². The number of methoxy groups -OCH3 is 1. The molecule has 0 spiro atoms. The highest BCUT2D eigenvalue weighted by molar-refractivity contribution is 5.92. The first-order valence-electron chi connectivity index (χ1n) is 6.29. The Morgan fingerprint density at radius 3 is 2.89 bits per heavy atom. The first kappa shape index (κ1) is 12.2. The van der Waals surface area contributed by atoms with Crippen LogP contribution in [0.4, 0.5) is 0 Å². The number of hydrogen-bond donors (Lipinski definition) is 1. The van der Waals surface area contributed by atoms with Crippen molar-refractivity contribution in [2.75, 3.05) is 13.7 Å². The second-order valence-corrected chi connectivity index (χ2v) is 4.92. The molecule has 5 nitrogen and oxygen atoms in total. The molecule has 1 fully saturated rings. The van der Waals surface area contributed by atoms with Gasteiger partial charge in [-0.15, -0.1) is 0 Å². The molecule has 0 saturated carbocycles. The summed E-state index contributed by atoms with van der Waals surface area (Å²) in [7, 11) is 1.27. The lowest BCUT2D eigenvalue weighted by molar-refractivity contribution is -0.150. The van der Waals surface area contributed by atoms with Crippen molar-refractivity contribution in [3.05, 3.63) is 35.4 Å². The van der Waals surface area contributed by atoms with Crippen molar-refractivity contribution in [3.63, 3.8) is 0 Å². The number of hydrogen-bond acceptors (Lipinski definition) is 4. The number of benzene rings is 1. The third-order valence-corrected chi connectivity index (χ3v) is 4.02. The van der Waals surface area contributed by atoms with Gasteiger partial charge in [-0.25, -0.2) is 0 Å². The molecule has 1 aromatic rings. The van der Waals surface area contributed by atoms with Crippen LogP contribution in [0.2, 0.25) is 0 Å². The second-order valence-electron chi connectivity index (χ2n) is 4.92. The van der Waals surface area contributed by atoms with Crippen LogP contribution in [0.3, 0.4) is 0 Å². The summed E-state index contributed by atoms with van der Waals surface area (Å²) in [5.74, 6) is -1.75. The SMILES string of the molecule is COC(=O)[C@@H]1[C@@H](O)C(=O)N2CCc3ccccc3[C@@H]12. The predicted molar refractivity (Wildman–Crippen MR) is 66.1 cm³/mol. The predicted octanol–water partition coefficient (Wildman–Crippen LogP) is 0.276. The van der Waals surface area contributed by atoms with E-state index < -0.39 is 24.0 Å². The molecule has 2 heterocycles. The van der Waals surface area contributed by atoms with Crippen LogP contribution in [0.25, 0.3) is 0 Å². The normalized spacial score (nSPS) is 28.8. The maximum absolute atomic E-state index is 12.0. The molecule has 0 aliphatic carbocycles. The van der Waals surface area contributed by atoms with Crippen molar-refractivity contribution in [1.82, 2.24) is 4.90 Å². The van der Waals surface area contributed by atoms with Crippen LogP contribution < -0.4 is 0 Å². The molecule has 0 bridgehead atoms. The second kappa shape index (κ2) is 4.35. The van der Waals surface area contributed by atoms with Gasteiger partial charge in [0.2, 0.25) is 0 Å². The number of aliphatic hydroxyl groups is 1. The Morgan fingerprint density at radius 1 is 1.42 bits per heavy atom. The molecule has 1 N–H and O–H groups in total. The van der Waals surface area contributed by atoms with E-state index >= 15 is 0 Å². The van der Waals surface area contributed by atoms with Gasteiger partial charge in [0, 0.05) is 6.54 Å². The zero-order valence-corrected chi connectivity index (χ0v) is 10.6. The van der Waals surface area contributed by atoms with Gasteiger partial charge in [-0.2, -0.15) is 0 Å². The van der Waals surface area contributed by atoms with Crippen molar-refractivity contribution < 1.29 is 19.4 Å². The number of esters is 1. The van der Waals surface area contributed by atoms with Crippen molar-refractivity contribution in [2.24, 2.45) is 5.92 Å². The summed E-state index contributed by atoms with van der Waals surface area (Å²) >= 11 is 0. The van der Waals surface area contributed by atoms with Crippen LogP contribution in [-0.2, 0) is 20.7 Å². The average Bonchev–Trinajstić information content (AvgIpc) is 2.71. The van der Waals surface area contributed by atoms with E-state index in [4.69, 9.17) is 4.74 Å². The molecule has 5 heteroatoms. The van der Waals surface area contributed by atoms with Crippen molar-refractivity contribution in [3.8, 4) is 0 Å². The van der Waals surface area contributed by atoms with Crippen molar-refractivity contribution in [1.29, 1.82) is 0 Å². The van der Waals surface area contributed by atoms with Crippen LogP contribution in [0.1, 0.15) is 17.2 Å². The van der Waals surface area contributed by atoms with E-state index in [1.54, 1.807) is 4.90 Å². The van der Waals surface area contributed by atoms with Crippen molar-refractivity contribution in [2.45, 2.75) is 18.6 Å². The van der Waals surface area contributed by atoms with E-state index in [9.17, 15) is 14.7 Å². The fraction of sp³-hybridized carbons (Fsp3) is 0.429. The molecular formula is C14H15NO4. The monoisotopic (exact) mass is 261 g/mol. The Labute approximate surface area is 110 Å². The topological polar surface area (TPSA) is 66.8 Å². The quantitative estimate of drug-likeness (QED) is 0.737. The molecule has 1 aromatic carbocycles. The van der Waals surface area contributed by atoms with E-state index in [0.717, 1.165) is 17.5 Å². The molecule has 100 valence electrons. The minimum atomic E-state index is -1.30. The summed E-state index contributed by atoms with van der Waals surface area (Å²) in [5, 5.41) is 10.0. The first-order chi connectivity index (χ1) is 9.15. The molecule has 2 aliphatic heterocycles. The van der Waals surface area contributed by atoms with Crippen molar-refractivity contribution >= 4 is 11.9 Å². The van der Waals surface area contributed by atoms with Crippen LogP contribution in [-0.4, -0.2) is 41.6 Å². The van der Waals surface area contributed by atoms with E-state index in [1.807, 2.05) is 24.3 Å². The Hall–Kier alpha value is -1.88. The number of rotatable bonds is 1. The summed E-state index contributed by atoms with van der Waals surface area (Å²) in [6, 6.07) is 7.32. The van der Waals surface area contributed by atoms with Crippen LogP contribution in [0.15, 0.2) is 24.3 Å². The minimum Gasteiger partial charge on any atom is -0.469 e. The van der Waals surface area contributed by atoms with E-state index in [0.29, 0.717) is 6.54 Å². The van der Waals surface area contributed by atoms with Crippen LogP contribution in [0, 0.1) is 5.92 Å². The van der Waals surface area contributed by atoms with Crippen LogP contribution >= 0.6 is 0 Å². The standard InChI is InChI=1S/C14H15NO4/c1-19-14(18)10-11-9-5-3-2-4-8(9)6-7-15(11)13(17)12(10)16/h2-5,10-12,16H,6-7H2,1H3/t10-,11-,12+/m0/s1. The number of carbonyl (C=O) groups excluding carboxylic acids is 2. The Morgan fingerprint density at radius 2 is 2.16 bits per heavy atom. The van der Waals surface area contributed by atoms with Gasteiger partial charge in [0.25, 0.3) is 5.91 Å². The summed E-state index contributed by atoms with van der Waals surface area (Å²) in [5.41, 5.74) is 2.06. The lowest BCUT2D eigenvalue weighted by Crippen LogP contribution is -2.36. The van der Waals surface area contributed by atoms with Gasteiger partial charge < -0.3 is 14.7 Å². The van der Waals surface area contributed by atoms with Gasteiger partial charge in [-0.1, -0.05) is 24.3 Å². The maximum atomic E-state index is 12.0. The van der Waals surface area contributed by atoms with Gasteiger partial charge in [0.15, 0.2) is 0 Å². The van der Waals surface area contributed by atoms with E-state index in [1.165, 1.54) is 7.11 Å². The van der Waals surface area contributed by atoms with Gasteiger partial charge in [0.1, 0.15) is 12.0 Å². The number of ether oxygens (including phenoxy) is 1. The lowest BCUT2D eigenvalue weighted by Gasteiger charge is -2.33. The molecule has 0 unspecified atom stereocenters. The Kier molecular flexibility index (Phi) is 2.78. The summed E-state index contributed by atoms with van der Waals surface area (Å²) in [6.45, 7) is 0.533. The van der Waals surface area contributed by atoms with E-state index in [2.05, 4.69) is 0 Å². The Bertz CT molecular complexity index is 542. The highest BCUT2D eigenvalue weighted by atomic mass is 16.5. The molecule has 19 heavy (non-hydrogen) atoms. The third-order valence-electron chi connectivity index (χ3n) is 4.02. The third kappa shape index (κ3) is 1.65. The number of fused-ring (bicyclic) bond motifs is 3. The number of carbonyl (C=O) groups is 2. The zero-order chi connectivity index (χ0) is 13.6. The van der Waals surface area contributed by atoms with Gasteiger partial charge >= 0.3 is 5.97 Å². The molecule has 3 atom stereocenters. The number of nitrogens with zero attached hydrogens (tertiary/aromatic N) is 1. The maximum Gasteiger partial charge on any atom is 0.314 e.